The van der Waals surface area contributed by atoms with E-state index < -0.39 is 0 Å². The topological polar surface area (TPSA) is 52.3 Å². The molecular weight excluding hydrogens is 142 g/mol. The highest BCUT2D eigenvalue weighted by molar-refractivity contribution is 5.66. The van der Waals surface area contributed by atoms with Gasteiger partial charge in [-0.15, -0.1) is 0 Å². The van der Waals surface area contributed by atoms with Gasteiger partial charge in [0.1, 0.15) is 6.10 Å². The van der Waals surface area contributed by atoms with E-state index in [4.69, 9.17) is 10.5 Å². The van der Waals surface area contributed by atoms with Gasteiger partial charge in [0, 0.05) is 13.0 Å². The van der Waals surface area contributed by atoms with Crippen LogP contribution >= 0.6 is 0 Å². The molecule has 0 saturated carbocycles. The van der Waals surface area contributed by atoms with Crippen LogP contribution in [0.5, 0.6) is 0 Å². The van der Waals surface area contributed by atoms with Crippen LogP contribution in [0.25, 0.3) is 0 Å². The average Bonchev–Trinajstić information content (AvgIpc) is 1.86. The van der Waals surface area contributed by atoms with Crippen molar-refractivity contribution in [2.75, 3.05) is 0 Å². The fraction of sp³-hybridized carbons (Fsp3) is 0.875. The van der Waals surface area contributed by atoms with E-state index in [1.165, 1.54) is 6.92 Å². The zero-order valence-corrected chi connectivity index (χ0v) is 7.46. The first-order valence-electron chi connectivity index (χ1n) is 4.00. The molecule has 3 heteroatoms. The molecule has 1 unspecified atom stereocenters. The van der Waals surface area contributed by atoms with E-state index in [1.54, 1.807) is 0 Å². The van der Waals surface area contributed by atoms with Gasteiger partial charge in [0.15, 0.2) is 0 Å². The Labute approximate surface area is 67.9 Å². The summed E-state index contributed by atoms with van der Waals surface area (Å²) in [6, 6.07) is -0.0242. The van der Waals surface area contributed by atoms with Gasteiger partial charge in [-0.05, 0) is 13.3 Å². The summed E-state index contributed by atoms with van der Waals surface area (Å²) in [4.78, 5) is 10.5. The minimum absolute atomic E-state index is 0.0242. The van der Waals surface area contributed by atoms with Crippen molar-refractivity contribution in [1.29, 1.82) is 0 Å². The van der Waals surface area contributed by atoms with E-state index in [2.05, 4.69) is 6.92 Å². The summed E-state index contributed by atoms with van der Waals surface area (Å²) in [5, 5.41) is 0. The number of carbonyl (C=O) groups is 1. The Balaban J connectivity index is 3.63. The highest BCUT2D eigenvalue weighted by Crippen LogP contribution is 2.02. The molecule has 0 amide bonds. The average molecular weight is 159 g/mol. The van der Waals surface area contributed by atoms with Crippen molar-refractivity contribution in [3.63, 3.8) is 0 Å². The van der Waals surface area contributed by atoms with Crippen LogP contribution in [0.4, 0.5) is 0 Å². The van der Waals surface area contributed by atoms with Gasteiger partial charge in [0.25, 0.3) is 0 Å². The number of esters is 1. The Morgan fingerprint density at radius 1 is 1.64 bits per heavy atom. The molecule has 2 N–H and O–H groups in total. The molecule has 0 bridgehead atoms. The highest BCUT2D eigenvalue weighted by atomic mass is 16.5. The number of rotatable bonds is 4. The number of hydrogen-bond donors (Lipinski definition) is 1. The maximum Gasteiger partial charge on any atom is 0.302 e. The third-order valence-corrected chi connectivity index (χ3v) is 1.58. The summed E-state index contributed by atoms with van der Waals surface area (Å²) in [7, 11) is 0. The summed E-state index contributed by atoms with van der Waals surface area (Å²) < 4.78 is 4.90. The third kappa shape index (κ3) is 4.79. The van der Waals surface area contributed by atoms with Gasteiger partial charge in [-0.1, -0.05) is 13.3 Å². The Bertz CT molecular complexity index is 125. The summed E-state index contributed by atoms with van der Waals surface area (Å²) in [6.07, 6.45) is 1.76. The van der Waals surface area contributed by atoms with Crippen LogP contribution in [0, 0.1) is 0 Å². The highest BCUT2D eigenvalue weighted by Gasteiger charge is 2.13. The molecule has 0 aromatic carbocycles. The number of ether oxygens (including phenoxy) is 1. The summed E-state index contributed by atoms with van der Waals surface area (Å²) in [5.74, 6) is -0.260. The van der Waals surface area contributed by atoms with Crippen molar-refractivity contribution < 1.29 is 9.53 Å². The van der Waals surface area contributed by atoms with Crippen LogP contribution in [0.3, 0.4) is 0 Å². The van der Waals surface area contributed by atoms with Crippen LogP contribution in [0.2, 0.25) is 0 Å². The molecule has 0 spiro atoms. The van der Waals surface area contributed by atoms with Crippen LogP contribution in [0.15, 0.2) is 0 Å². The molecular formula is C8H17NO2. The molecule has 0 aliphatic rings. The van der Waals surface area contributed by atoms with Gasteiger partial charge in [-0.3, -0.25) is 4.79 Å². The second kappa shape index (κ2) is 5.13. The van der Waals surface area contributed by atoms with Gasteiger partial charge < -0.3 is 10.5 Å². The van der Waals surface area contributed by atoms with Gasteiger partial charge in [-0.2, -0.15) is 0 Å². The molecule has 3 nitrogen and oxygen atoms in total. The number of nitrogens with two attached hydrogens (primary N) is 1. The molecule has 2 atom stereocenters. The first-order chi connectivity index (χ1) is 5.07. The van der Waals surface area contributed by atoms with Gasteiger partial charge in [0.2, 0.25) is 0 Å². The van der Waals surface area contributed by atoms with E-state index in [-0.39, 0.29) is 18.1 Å². The predicted octanol–water partition coefficient (Wildman–Crippen LogP) is 1.07. The normalized spacial score (nSPS) is 15.6. The standard InChI is InChI=1S/C8H17NO2/c1-4-5-8(9)6(2)11-7(3)10/h6,8H,4-5,9H2,1-3H3/t6?,8-/m0/s1. The van der Waals surface area contributed by atoms with Crippen molar-refractivity contribution in [2.45, 2.75) is 45.8 Å². The fourth-order valence-electron chi connectivity index (χ4n) is 0.917. The van der Waals surface area contributed by atoms with E-state index in [9.17, 15) is 4.79 Å². The van der Waals surface area contributed by atoms with Crippen LogP contribution < -0.4 is 5.73 Å². The largest absolute Gasteiger partial charge is 0.461 e. The lowest BCUT2D eigenvalue weighted by Gasteiger charge is -2.18. The van der Waals surface area contributed by atoms with Gasteiger partial charge in [0.05, 0.1) is 0 Å². The Kier molecular flexibility index (Phi) is 4.86. The fourth-order valence-corrected chi connectivity index (χ4v) is 0.917. The van der Waals surface area contributed by atoms with Crippen molar-refractivity contribution in [1.82, 2.24) is 0 Å². The molecule has 11 heavy (non-hydrogen) atoms. The lowest BCUT2D eigenvalue weighted by atomic mass is 10.1. The van der Waals surface area contributed by atoms with Crippen LogP contribution in [-0.4, -0.2) is 18.1 Å². The van der Waals surface area contributed by atoms with Crippen molar-refractivity contribution in [3.8, 4) is 0 Å². The van der Waals surface area contributed by atoms with E-state index >= 15 is 0 Å². The molecule has 0 aromatic heterocycles. The third-order valence-electron chi connectivity index (χ3n) is 1.58. The molecule has 0 fully saturated rings. The molecule has 0 heterocycles. The first kappa shape index (κ1) is 10.4. The Morgan fingerprint density at radius 2 is 2.18 bits per heavy atom. The van der Waals surface area contributed by atoms with E-state index in [0.29, 0.717) is 0 Å². The first-order valence-corrected chi connectivity index (χ1v) is 4.00. The molecule has 0 aliphatic carbocycles. The Morgan fingerprint density at radius 3 is 2.55 bits per heavy atom. The summed E-state index contributed by atoms with van der Waals surface area (Å²) >= 11 is 0. The smallest absolute Gasteiger partial charge is 0.302 e. The monoisotopic (exact) mass is 159 g/mol. The van der Waals surface area contributed by atoms with Crippen molar-refractivity contribution >= 4 is 5.97 Å². The van der Waals surface area contributed by atoms with Crippen molar-refractivity contribution in [2.24, 2.45) is 5.73 Å². The number of hydrogen-bond acceptors (Lipinski definition) is 3. The molecule has 0 rings (SSSR count). The lowest BCUT2D eigenvalue weighted by Crippen LogP contribution is -2.35. The predicted molar refractivity (Wildman–Crippen MR) is 44.1 cm³/mol. The van der Waals surface area contributed by atoms with E-state index in [1.807, 2.05) is 6.92 Å². The maximum atomic E-state index is 10.5. The quantitative estimate of drug-likeness (QED) is 0.624. The second-order valence-corrected chi connectivity index (χ2v) is 2.77. The Hall–Kier alpha value is -0.570. The van der Waals surface area contributed by atoms with Crippen LogP contribution in [0.1, 0.15) is 33.6 Å². The van der Waals surface area contributed by atoms with E-state index in [0.717, 1.165) is 12.8 Å². The zero-order chi connectivity index (χ0) is 8.85. The van der Waals surface area contributed by atoms with Gasteiger partial charge in [-0.25, -0.2) is 0 Å². The maximum absolute atomic E-state index is 10.5. The molecule has 0 aliphatic heterocycles. The molecule has 0 radical (unpaired) electrons. The summed E-state index contributed by atoms with van der Waals surface area (Å²) in [5.41, 5.74) is 5.70. The lowest BCUT2D eigenvalue weighted by molar-refractivity contribution is -0.146. The van der Waals surface area contributed by atoms with Crippen LogP contribution in [-0.2, 0) is 9.53 Å². The second-order valence-electron chi connectivity index (χ2n) is 2.77. The summed E-state index contributed by atoms with van der Waals surface area (Å²) in [6.45, 7) is 5.28. The molecule has 0 aromatic rings. The zero-order valence-electron chi connectivity index (χ0n) is 7.46. The molecule has 66 valence electrons. The SMILES string of the molecule is CCC[C@H](N)C(C)OC(C)=O. The minimum Gasteiger partial charge on any atom is -0.461 e. The molecule has 0 saturated heterocycles. The van der Waals surface area contributed by atoms with Gasteiger partial charge >= 0.3 is 5.97 Å². The number of carbonyl (C=O) groups excluding carboxylic acids is 1. The minimum atomic E-state index is -0.260. The van der Waals surface area contributed by atoms with Crippen molar-refractivity contribution in [3.05, 3.63) is 0 Å².